The Hall–Kier alpha value is -0.290. The van der Waals surface area contributed by atoms with Crippen LogP contribution in [-0.4, -0.2) is 42.3 Å². The number of nitrogens with zero attached hydrogens (tertiary/aromatic N) is 1. The van der Waals surface area contributed by atoms with Gasteiger partial charge < -0.3 is 5.32 Å². The molecule has 2 rings (SSSR count). The number of alkyl halides is 3. The zero-order valence-corrected chi connectivity index (χ0v) is 10.3. The maximum Gasteiger partial charge on any atom is 0.401 e. The average molecular weight is 250 g/mol. The summed E-state index contributed by atoms with van der Waals surface area (Å²) >= 11 is 0. The Labute approximate surface area is 101 Å². The van der Waals surface area contributed by atoms with Crippen LogP contribution in [-0.2, 0) is 0 Å². The minimum absolute atomic E-state index is 0.0871. The number of likely N-dealkylation sites (N-methyl/N-ethyl adjacent to an activating group) is 1. The summed E-state index contributed by atoms with van der Waals surface area (Å²) in [6, 6.07) is 0.521. The molecule has 17 heavy (non-hydrogen) atoms. The molecule has 0 heterocycles. The van der Waals surface area contributed by atoms with Crippen molar-refractivity contribution in [2.75, 3.05) is 13.1 Å². The Balaban J connectivity index is 1.99. The van der Waals surface area contributed by atoms with Gasteiger partial charge in [0.15, 0.2) is 0 Å². The summed E-state index contributed by atoms with van der Waals surface area (Å²) in [5, 5.41) is 3.33. The standard InChI is InChI=1S/C12H21F3N2/c1-2-16-10-4-3-5-11(10)17(9-6-7-9)8-12(13,14)15/h9-11,16H,2-8H2,1H3. The van der Waals surface area contributed by atoms with E-state index in [2.05, 4.69) is 5.32 Å². The average Bonchev–Trinajstić information content (AvgIpc) is 2.96. The zero-order valence-electron chi connectivity index (χ0n) is 10.3. The van der Waals surface area contributed by atoms with Crippen molar-refractivity contribution < 1.29 is 13.2 Å². The lowest BCUT2D eigenvalue weighted by Crippen LogP contribution is -2.50. The Morgan fingerprint density at radius 2 is 1.88 bits per heavy atom. The Kier molecular flexibility index (Phi) is 3.98. The molecule has 2 aliphatic carbocycles. The Bertz CT molecular complexity index is 251. The van der Waals surface area contributed by atoms with Gasteiger partial charge in [-0.3, -0.25) is 4.90 Å². The van der Waals surface area contributed by atoms with Gasteiger partial charge in [0.2, 0.25) is 0 Å². The lowest BCUT2D eigenvalue weighted by Gasteiger charge is -2.34. The smallest absolute Gasteiger partial charge is 0.313 e. The van der Waals surface area contributed by atoms with Gasteiger partial charge in [0, 0.05) is 18.1 Å². The molecule has 2 nitrogen and oxygen atoms in total. The van der Waals surface area contributed by atoms with Gasteiger partial charge in [0.05, 0.1) is 6.54 Å². The van der Waals surface area contributed by atoms with E-state index in [1.54, 1.807) is 4.90 Å². The van der Waals surface area contributed by atoms with Crippen LogP contribution in [0, 0.1) is 0 Å². The van der Waals surface area contributed by atoms with E-state index in [1.165, 1.54) is 0 Å². The first-order valence-corrected chi connectivity index (χ1v) is 6.57. The molecule has 0 spiro atoms. The van der Waals surface area contributed by atoms with Crippen LogP contribution in [0.25, 0.3) is 0 Å². The molecule has 0 aliphatic heterocycles. The predicted molar refractivity (Wildman–Crippen MR) is 60.9 cm³/mol. The topological polar surface area (TPSA) is 15.3 Å². The van der Waals surface area contributed by atoms with E-state index in [4.69, 9.17) is 0 Å². The van der Waals surface area contributed by atoms with Gasteiger partial charge >= 0.3 is 6.18 Å². The van der Waals surface area contributed by atoms with Crippen LogP contribution in [0.2, 0.25) is 0 Å². The molecule has 2 aliphatic rings. The molecule has 0 aromatic rings. The van der Waals surface area contributed by atoms with Gasteiger partial charge in [-0.1, -0.05) is 13.3 Å². The van der Waals surface area contributed by atoms with E-state index in [0.717, 1.165) is 38.6 Å². The second kappa shape index (κ2) is 5.14. The quantitative estimate of drug-likeness (QED) is 0.806. The summed E-state index contributed by atoms with van der Waals surface area (Å²) in [6.45, 7) is 2.12. The van der Waals surface area contributed by atoms with E-state index >= 15 is 0 Å². The van der Waals surface area contributed by atoms with E-state index in [-0.39, 0.29) is 18.1 Å². The molecule has 0 saturated heterocycles. The molecule has 0 radical (unpaired) electrons. The molecular weight excluding hydrogens is 229 g/mol. The third-order valence-corrected chi connectivity index (χ3v) is 3.75. The van der Waals surface area contributed by atoms with Gasteiger partial charge in [0.1, 0.15) is 0 Å². The highest BCUT2D eigenvalue weighted by Crippen LogP contribution is 2.36. The van der Waals surface area contributed by atoms with Gasteiger partial charge in [-0.05, 0) is 32.2 Å². The second-order valence-corrected chi connectivity index (χ2v) is 5.18. The summed E-state index contributed by atoms with van der Waals surface area (Å²) in [4.78, 5) is 1.71. The summed E-state index contributed by atoms with van der Waals surface area (Å²) < 4.78 is 37.8. The minimum atomic E-state index is -4.07. The minimum Gasteiger partial charge on any atom is -0.313 e. The van der Waals surface area contributed by atoms with Crippen molar-refractivity contribution in [3.8, 4) is 0 Å². The van der Waals surface area contributed by atoms with Crippen molar-refractivity contribution in [3.05, 3.63) is 0 Å². The van der Waals surface area contributed by atoms with Crippen molar-refractivity contribution in [1.29, 1.82) is 0 Å². The van der Waals surface area contributed by atoms with Crippen LogP contribution in [0.5, 0.6) is 0 Å². The van der Waals surface area contributed by atoms with Gasteiger partial charge in [-0.15, -0.1) is 0 Å². The first-order chi connectivity index (χ1) is 8.01. The number of nitrogens with one attached hydrogen (secondary N) is 1. The normalized spacial score (nSPS) is 30.2. The molecule has 0 amide bonds. The van der Waals surface area contributed by atoms with Crippen LogP contribution in [0.4, 0.5) is 13.2 Å². The van der Waals surface area contributed by atoms with Gasteiger partial charge in [-0.2, -0.15) is 13.2 Å². The van der Waals surface area contributed by atoms with Crippen LogP contribution >= 0.6 is 0 Å². The number of halogens is 3. The summed E-state index contributed by atoms with van der Waals surface area (Å²) in [5.74, 6) is 0. The molecule has 1 N–H and O–H groups in total. The first kappa shape index (κ1) is 13.1. The maximum absolute atomic E-state index is 12.6. The summed E-state index contributed by atoms with van der Waals surface area (Å²) in [7, 11) is 0. The molecule has 0 aromatic carbocycles. The third-order valence-electron chi connectivity index (χ3n) is 3.75. The van der Waals surface area contributed by atoms with Crippen LogP contribution in [0.1, 0.15) is 39.0 Å². The highest BCUT2D eigenvalue weighted by molar-refractivity contribution is 4.97. The highest BCUT2D eigenvalue weighted by Gasteiger charge is 2.44. The van der Waals surface area contributed by atoms with E-state index < -0.39 is 12.7 Å². The van der Waals surface area contributed by atoms with Gasteiger partial charge in [-0.25, -0.2) is 0 Å². The van der Waals surface area contributed by atoms with Crippen LogP contribution < -0.4 is 5.32 Å². The fraction of sp³-hybridized carbons (Fsp3) is 1.00. The number of rotatable bonds is 5. The van der Waals surface area contributed by atoms with E-state index in [0.29, 0.717) is 0 Å². The number of hydrogen-bond donors (Lipinski definition) is 1. The molecule has 0 aromatic heterocycles. The maximum atomic E-state index is 12.6. The molecule has 2 fully saturated rings. The fourth-order valence-corrected chi connectivity index (χ4v) is 2.97. The predicted octanol–water partition coefficient (Wildman–Crippen LogP) is 2.54. The van der Waals surface area contributed by atoms with Crippen molar-refractivity contribution in [2.24, 2.45) is 0 Å². The molecule has 2 unspecified atom stereocenters. The van der Waals surface area contributed by atoms with Crippen molar-refractivity contribution in [3.63, 3.8) is 0 Å². The van der Waals surface area contributed by atoms with Crippen molar-refractivity contribution in [1.82, 2.24) is 10.2 Å². The zero-order chi connectivity index (χ0) is 12.5. The van der Waals surface area contributed by atoms with Gasteiger partial charge in [0.25, 0.3) is 0 Å². The first-order valence-electron chi connectivity index (χ1n) is 6.57. The lowest BCUT2D eigenvalue weighted by atomic mass is 10.1. The Morgan fingerprint density at radius 1 is 1.18 bits per heavy atom. The van der Waals surface area contributed by atoms with Crippen molar-refractivity contribution in [2.45, 2.75) is 63.3 Å². The van der Waals surface area contributed by atoms with Crippen LogP contribution in [0.3, 0.4) is 0 Å². The lowest BCUT2D eigenvalue weighted by molar-refractivity contribution is -0.153. The Morgan fingerprint density at radius 3 is 2.41 bits per heavy atom. The van der Waals surface area contributed by atoms with E-state index in [1.807, 2.05) is 6.92 Å². The highest BCUT2D eigenvalue weighted by atomic mass is 19.4. The molecule has 100 valence electrons. The SMILES string of the molecule is CCNC1CCCC1N(CC(F)(F)F)C1CC1. The summed E-state index contributed by atoms with van der Waals surface area (Å²) in [5.41, 5.74) is 0. The monoisotopic (exact) mass is 250 g/mol. The number of hydrogen-bond acceptors (Lipinski definition) is 2. The molecular formula is C12H21F3N2. The molecule has 2 saturated carbocycles. The second-order valence-electron chi connectivity index (χ2n) is 5.18. The molecule has 0 bridgehead atoms. The molecule has 5 heteroatoms. The third kappa shape index (κ3) is 3.58. The van der Waals surface area contributed by atoms with E-state index in [9.17, 15) is 13.2 Å². The van der Waals surface area contributed by atoms with Crippen LogP contribution in [0.15, 0.2) is 0 Å². The summed E-state index contributed by atoms with van der Waals surface area (Å²) in [6.07, 6.45) is 0.770. The largest absolute Gasteiger partial charge is 0.401 e. The molecule has 2 atom stereocenters. The van der Waals surface area contributed by atoms with Crippen molar-refractivity contribution >= 4 is 0 Å². The fourth-order valence-electron chi connectivity index (χ4n) is 2.97.